The zero-order valence-corrected chi connectivity index (χ0v) is 11.2. The molecular weight excluding hydrogens is 258 g/mol. The Kier molecular flexibility index (Phi) is 3.10. The minimum Gasteiger partial charge on any atom is -0.307 e. The average Bonchev–Trinajstić information content (AvgIpc) is 2.83. The van der Waals surface area contributed by atoms with E-state index < -0.39 is 0 Å². The van der Waals surface area contributed by atoms with Gasteiger partial charge in [-0.1, -0.05) is 17.7 Å². The van der Waals surface area contributed by atoms with Gasteiger partial charge in [-0.25, -0.2) is 15.8 Å². The van der Waals surface area contributed by atoms with Gasteiger partial charge in [0.05, 0.1) is 6.20 Å². The van der Waals surface area contributed by atoms with Gasteiger partial charge in [-0.05, 0) is 37.1 Å². The zero-order chi connectivity index (χ0) is 13.2. The van der Waals surface area contributed by atoms with Gasteiger partial charge >= 0.3 is 0 Å². The molecule has 0 aliphatic carbocycles. The van der Waals surface area contributed by atoms with E-state index in [1.165, 1.54) is 5.56 Å². The number of aryl methyl sites for hydroxylation is 1. The van der Waals surface area contributed by atoms with Gasteiger partial charge in [0.15, 0.2) is 11.5 Å². The number of rotatable bonds is 3. The van der Waals surface area contributed by atoms with Crippen LogP contribution in [0.2, 0.25) is 0 Å². The van der Waals surface area contributed by atoms with E-state index in [4.69, 9.17) is 5.84 Å². The molecule has 3 rings (SSSR count). The van der Waals surface area contributed by atoms with Crippen molar-refractivity contribution in [2.45, 2.75) is 11.8 Å². The third-order valence-corrected chi connectivity index (χ3v) is 3.70. The van der Waals surface area contributed by atoms with Crippen molar-refractivity contribution < 1.29 is 0 Å². The summed E-state index contributed by atoms with van der Waals surface area (Å²) in [6.45, 7) is 2.08. The lowest BCUT2D eigenvalue weighted by atomic mass is 10.2. The second-order valence-corrected chi connectivity index (χ2v) is 5.20. The van der Waals surface area contributed by atoms with Crippen LogP contribution in [0.1, 0.15) is 5.56 Å². The second kappa shape index (κ2) is 4.91. The summed E-state index contributed by atoms with van der Waals surface area (Å²) >= 11 is 1.61. The Morgan fingerprint density at radius 3 is 2.74 bits per heavy atom. The highest BCUT2D eigenvalue weighted by molar-refractivity contribution is 7.98. The summed E-state index contributed by atoms with van der Waals surface area (Å²) in [6.07, 6.45) is 3.57. The fraction of sp³-hybridized carbons (Fsp3) is 0.0769. The van der Waals surface area contributed by atoms with Crippen LogP contribution in [0.25, 0.3) is 11.2 Å². The van der Waals surface area contributed by atoms with Crippen LogP contribution in [0.3, 0.4) is 0 Å². The molecule has 0 saturated heterocycles. The van der Waals surface area contributed by atoms with Gasteiger partial charge in [-0.15, -0.1) is 0 Å². The number of hydrogen-bond acceptors (Lipinski definition) is 5. The van der Waals surface area contributed by atoms with Gasteiger partial charge in [0, 0.05) is 11.1 Å². The molecule has 0 atom stereocenters. The summed E-state index contributed by atoms with van der Waals surface area (Å²) in [6, 6.07) is 10.3. The molecule has 96 valence electrons. The van der Waals surface area contributed by atoms with E-state index in [-0.39, 0.29) is 0 Å². The summed E-state index contributed by atoms with van der Waals surface area (Å²) in [5.74, 6) is 5.88. The Morgan fingerprint density at radius 1 is 1.21 bits per heavy atom. The van der Waals surface area contributed by atoms with Crippen LogP contribution in [0, 0.1) is 6.92 Å². The third kappa shape index (κ3) is 2.40. The SMILES string of the molecule is Cc1ccc(Sn2ccc3nc(NN)cnc32)cc1. The number of nitrogens with one attached hydrogen (secondary N) is 1. The molecule has 6 heteroatoms. The highest BCUT2D eigenvalue weighted by Gasteiger charge is 2.06. The van der Waals surface area contributed by atoms with Crippen molar-refractivity contribution in [3.8, 4) is 0 Å². The summed E-state index contributed by atoms with van der Waals surface area (Å²) in [7, 11) is 0. The molecule has 0 spiro atoms. The van der Waals surface area contributed by atoms with E-state index in [9.17, 15) is 0 Å². The zero-order valence-electron chi connectivity index (χ0n) is 10.4. The largest absolute Gasteiger partial charge is 0.307 e. The van der Waals surface area contributed by atoms with Gasteiger partial charge in [0.25, 0.3) is 0 Å². The number of nitrogen functional groups attached to an aromatic ring is 1. The molecule has 3 aromatic rings. The van der Waals surface area contributed by atoms with E-state index in [2.05, 4.69) is 46.6 Å². The molecule has 0 saturated carbocycles. The maximum atomic E-state index is 5.32. The predicted molar refractivity (Wildman–Crippen MR) is 77.8 cm³/mol. The van der Waals surface area contributed by atoms with Crippen LogP contribution in [0.4, 0.5) is 5.82 Å². The fourth-order valence-corrected chi connectivity index (χ4v) is 2.58. The van der Waals surface area contributed by atoms with Gasteiger partial charge < -0.3 is 5.43 Å². The smallest absolute Gasteiger partial charge is 0.169 e. The van der Waals surface area contributed by atoms with Crippen molar-refractivity contribution in [3.05, 3.63) is 48.3 Å². The van der Waals surface area contributed by atoms with Crippen LogP contribution in [-0.4, -0.2) is 13.9 Å². The number of benzene rings is 1. The molecule has 2 aromatic heterocycles. The molecule has 0 bridgehead atoms. The van der Waals surface area contributed by atoms with Gasteiger partial charge in [-0.2, -0.15) is 0 Å². The van der Waals surface area contributed by atoms with Crippen molar-refractivity contribution in [1.29, 1.82) is 0 Å². The van der Waals surface area contributed by atoms with E-state index in [0.717, 1.165) is 16.1 Å². The molecule has 0 fully saturated rings. The first-order valence-corrected chi connectivity index (χ1v) is 6.59. The Labute approximate surface area is 115 Å². The minimum atomic E-state index is 0.561. The van der Waals surface area contributed by atoms with Crippen molar-refractivity contribution in [1.82, 2.24) is 13.9 Å². The Bertz CT molecular complexity index is 705. The monoisotopic (exact) mass is 271 g/mol. The number of anilines is 1. The van der Waals surface area contributed by atoms with Gasteiger partial charge in [0.1, 0.15) is 5.52 Å². The molecule has 0 aliphatic heterocycles. The maximum absolute atomic E-state index is 5.32. The molecular formula is C13H13N5S. The summed E-state index contributed by atoms with van der Waals surface area (Å²) in [5.41, 5.74) is 5.38. The van der Waals surface area contributed by atoms with E-state index in [0.29, 0.717) is 5.82 Å². The van der Waals surface area contributed by atoms with Crippen molar-refractivity contribution in [2.24, 2.45) is 5.84 Å². The van der Waals surface area contributed by atoms with E-state index in [1.807, 2.05) is 16.2 Å². The Hall–Kier alpha value is -2.05. The van der Waals surface area contributed by atoms with Gasteiger partial charge in [0.2, 0.25) is 0 Å². The number of nitrogens with two attached hydrogens (primary N) is 1. The molecule has 2 heterocycles. The highest BCUT2D eigenvalue weighted by atomic mass is 32.2. The topological polar surface area (TPSA) is 68.8 Å². The van der Waals surface area contributed by atoms with Crippen LogP contribution in [0.5, 0.6) is 0 Å². The molecule has 0 amide bonds. The number of fused-ring (bicyclic) bond motifs is 1. The van der Waals surface area contributed by atoms with Crippen LogP contribution < -0.4 is 11.3 Å². The number of nitrogens with zero attached hydrogens (tertiary/aromatic N) is 3. The first kappa shape index (κ1) is 12.0. The third-order valence-electron chi connectivity index (χ3n) is 2.73. The van der Waals surface area contributed by atoms with Crippen LogP contribution in [-0.2, 0) is 0 Å². The van der Waals surface area contributed by atoms with Crippen LogP contribution >= 0.6 is 11.9 Å². The van der Waals surface area contributed by atoms with Gasteiger partial charge in [-0.3, -0.25) is 3.97 Å². The molecule has 3 N–H and O–H groups in total. The molecule has 5 nitrogen and oxygen atoms in total. The highest BCUT2D eigenvalue weighted by Crippen LogP contribution is 2.25. The normalized spacial score (nSPS) is 10.8. The lowest BCUT2D eigenvalue weighted by Crippen LogP contribution is -2.08. The Morgan fingerprint density at radius 2 is 2.00 bits per heavy atom. The average molecular weight is 271 g/mol. The second-order valence-electron chi connectivity index (χ2n) is 4.15. The lowest BCUT2D eigenvalue weighted by Gasteiger charge is -2.04. The standard InChI is InChI=1S/C13H13N5S/c1-9-2-4-10(5-3-9)19-18-7-6-11-13(18)15-8-12(16-11)17-14/h2-8H,14H2,1H3,(H,16,17). The van der Waals surface area contributed by atoms with E-state index in [1.54, 1.807) is 18.1 Å². The number of hydrogen-bond donors (Lipinski definition) is 2. The molecule has 0 unspecified atom stereocenters. The Balaban J connectivity index is 1.95. The first-order valence-electron chi connectivity index (χ1n) is 5.82. The molecule has 0 aliphatic rings. The summed E-state index contributed by atoms with van der Waals surface area (Å²) < 4.78 is 1.99. The van der Waals surface area contributed by atoms with Crippen molar-refractivity contribution in [3.63, 3.8) is 0 Å². The van der Waals surface area contributed by atoms with Crippen molar-refractivity contribution >= 4 is 28.9 Å². The molecule has 19 heavy (non-hydrogen) atoms. The number of aromatic nitrogens is 3. The van der Waals surface area contributed by atoms with Crippen LogP contribution in [0.15, 0.2) is 47.6 Å². The maximum Gasteiger partial charge on any atom is 0.169 e. The lowest BCUT2D eigenvalue weighted by molar-refractivity contribution is 1.18. The summed E-state index contributed by atoms with van der Waals surface area (Å²) in [5, 5.41) is 0. The fourth-order valence-electron chi connectivity index (χ4n) is 1.74. The number of hydrazine groups is 1. The minimum absolute atomic E-state index is 0.561. The van der Waals surface area contributed by atoms with Crippen molar-refractivity contribution in [2.75, 3.05) is 5.43 Å². The quantitative estimate of drug-likeness (QED) is 0.566. The van der Waals surface area contributed by atoms with E-state index >= 15 is 0 Å². The molecule has 1 aromatic carbocycles. The predicted octanol–water partition coefficient (Wildman–Crippen LogP) is 2.58. The first-order chi connectivity index (χ1) is 9.26. The summed E-state index contributed by atoms with van der Waals surface area (Å²) in [4.78, 5) is 9.86. The molecule has 0 radical (unpaired) electrons.